The minimum Gasteiger partial charge on any atom is -0.381 e. The van der Waals surface area contributed by atoms with Crippen LogP contribution < -0.4 is 10.2 Å². The Kier molecular flexibility index (Phi) is 5.80. The maximum atomic E-state index is 5.56. The van der Waals surface area contributed by atoms with Crippen molar-refractivity contribution in [1.29, 1.82) is 0 Å². The molecule has 0 radical (unpaired) electrons. The summed E-state index contributed by atoms with van der Waals surface area (Å²) in [6.07, 6.45) is 4.35. The maximum absolute atomic E-state index is 5.56. The molecule has 0 amide bonds. The largest absolute Gasteiger partial charge is 0.381 e. The summed E-state index contributed by atoms with van der Waals surface area (Å²) in [7, 11) is 2.12. The molecular formula is C16H27N3O. The molecule has 1 aromatic rings. The molecule has 1 aliphatic rings. The average Bonchev–Trinajstić information content (AvgIpc) is 2.48. The van der Waals surface area contributed by atoms with E-state index in [0.717, 1.165) is 32.1 Å². The minimum atomic E-state index is 0.369. The minimum absolute atomic E-state index is 0.369. The van der Waals surface area contributed by atoms with Crippen molar-refractivity contribution in [3.8, 4) is 0 Å². The highest BCUT2D eigenvalue weighted by molar-refractivity contribution is 5.41. The zero-order valence-electron chi connectivity index (χ0n) is 12.9. The third kappa shape index (κ3) is 4.18. The van der Waals surface area contributed by atoms with Gasteiger partial charge in [0.25, 0.3) is 0 Å². The predicted molar refractivity (Wildman–Crippen MR) is 83.1 cm³/mol. The predicted octanol–water partition coefficient (Wildman–Crippen LogP) is 2.61. The molecule has 2 atom stereocenters. The molecule has 4 heteroatoms. The molecule has 0 aromatic carbocycles. The van der Waals surface area contributed by atoms with Gasteiger partial charge in [0.2, 0.25) is 0 Å². The standard InChI is InChI=1S/C16H27N3O/c1-4-17-13(2)15-7-8-18-16(10-15)19(3)11-14-6-5-9-20-12-14/h7-8,10,13-14,17H,4-6,9,11-12H2,1-3H3. The van der Waals surface area contributed by atoms with Gasteiger partial charge in [0.1, 0.15) is 5.82 Å². The van der Waals surface area contributed by atoms with Gasteiger partial charge in [0.15, 0.2) is 0 Å². The molecule has 2 rings (SSSR count). The molecule has 1 aliphatic heterocycles. The molecule has 1 saturated heterocycles. The van der Waals surface area contributed by atoms with E-state index in [2.05, 4.69) is 48.2 Å². The highest BCUT2D eigenvalue weighted by Crippen LogP contribution is 2.20. The number of hydrogen-bond acceptors (Lipinski definition) is 4. The molecular weight excluding hydrogens is 250 g/mol. The number of rotatable bonds is 6. The summed E-state index contributed by atoms with van der Waals surface area (Å²) in [5.41, 5.74) is 1.29. The molecule has 2 unspecified atom stereocenters. The number of anilines is 1. The zero-order valence-corrected chi connectivity index (χ0v) is 12.9. The quantitative estimate of drug-likeness (QED) is 0.867. The molecule has 112 valence electrons. The highest BCUT2D eigenvalue weighted by atomic mass is 16.5. The Morgan fingerprint density at radius 1 is 1.55 bits per heavy atom. The van der Waals surface area contributed by atoms with Crippen LogP contribution in [0.4, 0.5) is 5.82 Å². The van der Waals surface area contributed by atoms with Gasteiger partial charge in [-0.1, -0.05) is 6.92 Å². The lowest BCUT2D eigenvalue weighted by atomic mass is 10.0. The van der Waals surface area contributed by atoms with Crippen molar-refractivity contribution in [2.24, 2.45) is 5.92 Å². The van der Waals surface area contributed by atoms with Crippen molar-refractivity contribution < 1.29 is 4.74 Å². The first-order chi connectivity index (χ1) is 9.70. The molecule has 0 spiro atoms. The third-order valence-electron chi connectivity index (χ3n) is 3.96. The van der Waals surface area contributed by atoms with Crippen LogP contribution in [-0.2, 0) is 4.74 Å². The van der Waals surface area contributed by atoms with Gasteiger partial charge in [0, 0.05) is 32.4 Å². The van der Waals surface area contributed by atoms with Crippen molar-refractivity contribution in [2.45, 2.75) is 32.7 Å². The van der Waals surface area contributed by atoms with Gasteiger partial charge in [-0.05, 0) is 49.9 Å². The van der Waals surface area contributed by atoms with Crippen molar-refractivity contribution in [2.75, 3.05) is 38.3 Å². The van der Waals surface area contributed by atoms with Crippen molar-refractivity contribution in [1.82, 2.24) is 10.3 Å². The number of pyridine rings is 1. The Hall–Kier alpha value is -1.13. The van der Waals surface area contributed by atoms with Gasteiger partial charge in [-0.2, -0.15) is 0 Å². The average molecular weight is 277 g/mol. The second-order valence-corrected chi connectivity index (χ2v) is 5.69. The maximum Gasteiger partial charge on any atom is 0.128 e. The van der Waals surface area contributed by atoms with Crippen LogP contribution in [0.15, 0.2) is 18.3 Å². The second-order valence-electron chi connectivity index (χ2n) is 5.69. The lowest BCUT2D eigenvalue weighted by Gasteiger charge is -2.28. The van der Waals surface area contributed by atoms with Crippen molar-refractivity contribution in [3.63, 3.8) is 0 Å². The Morgan fingerprint density at radius 3 is 3.10 bits per heavy atom. The van der Waals surface area contributed by atoms with E-state index in [9.17, 15) is 0 Å². The zero-order chi connectivity index (χ0) is 14.4. The fourth-order valence-corrected chi connectivity index (χ4v) is 2.77. The number of nitrogens with one attached hydrogen (secondary N) is 1. The van der Waals surface area contributed by atoms with Crippen LogP contribution in [0.2, 0.25) is 0 Å². The lowest BCUT2D eigenvalue weighted by Crippen LogP contribution is -2.31. The van der Waals surface area contributed by atoms with Crippen molar-refractivity contribution in [3.05, 3.63) is 23.9 Å². The lowest BCUT2D eigenvalue weighted by molar-refractivity contribution is 0.0576. The Balaban J connectivity index is 1.98. The molecule has 1 fully saturated rings. The normalized spacial score (nSPS) is 20.6. The number of hydrogen-bond donors (Lipinski definition) is 1. The van der Waals surface area contributed by atoms with Gasteiger partial charge in [-0.25, -0.2) is 4.98 Å². The summed E-state index contributed by atoms with van der Waals surface area (Å²) < 4.78 is 5.56. The molecule has 0 saturated carbocycles. The van der Waals surface area contributed by atoms with Gasteiger partial charge >= 0.3 is 0 Å². The topological polar surface area (TPSA) is 37.4 Å². The van der Waals surface area contributed by atoms with Crippen LogP contribution in [-0.4, -0.2) is 38.3 Å². The molecule has 0 aliphatic carbocycles. The van der Waals surface area contributed by atoms with Gasteiger partial charge in [-0.3, -0.25) is 0 Å². The fraction of sp³-hybridized carbons (Fsp3) is 0.688. The molecule has 0 bridgehead atoms. The van der Waals surface area contributed by atoms with Gasteiger partial charge in [0.05, 0.1) is 6.61 Å². The van der Waals surface area contributed by atoms with Gasteiger partial charge in [-0.15, -0.1) is 0 Å². The van der Waals surface area contributed by atoms with E-state index in [0.29, 0.717) is 12.0 Å². The van der Waals surface area contributed by atoms with E-state index in [4.69, 9.17) is 4.74 Å². The summed E-state index contributed by atoms with van der Waals surface area (Å²) in [4.78, 5) is 6.76. The van der Waals surface area contributed by atoms with E-state index < -0.39 is 0 Å². The van der Waals surface area contributed by atoms with E-state index in [1.54, 1.807) is 0 Å². The summed E-state index contributed by atoms with van der Waals surface area (Å²) >= 11 is 0. The second kappa shape index (κ2) is 7.60. The number of ether oxygens (including phenoxy) is 1. The van der Waals surface area contributed by atoms with Crippen molar-refractivity contribution >= 4 is 5.82 Å². The summed E-state index contributed by atoms with van der Waals surface area (Å²) in [5, 5.41) is 3.44. The highest BCUT2D eigenvalue weighted by Gasteiger charge is 2.17. The summed E-state index contributed by atoms with van der Waals surface area (Å²) in [5.74, 6) is 1.68. The molecule has 1 aromatic heterocycles. The Labute approximate surface area is 122 Å². The summed E-state index contributed by atoms with van der Waals surface area (Å²) in [6, 6.07) is 4.65. The van der Waals surface area contributed by atoms with E-state index in [1.807, 2.05) is 6.20 Å². The Bertz CT molecular complexity index is 404. The van der Waals surface area contributed by atoms with Crippen LogP contribution >= 0.6 is 0 Å². The van der Waals surface area contributed by atoms with Crippen LogP contribution in [0.5, 0.6) is 0 Å². The number of nitrogens with zero attached hydrogens (tertiary/aromatic N) is 2. The SMILES string of the molecule is CCNC(C)c1ccnc(N(C)CC2CCCOC2)c1. The molecule has 2 heterocycles. The molecule has 20 heavy (non-hydrogen) atoms. The monoisotopic (exact) mass is 277 g/mol. The Morgan fingerprint density at radius 2 is 2.40 bits per heavy atom. The first-order valence-corrected chi connectivity index (χ1v) is 7.69. The first-order valence-electron chi connectivity index (χ1n) is 7.69. The van der Waals surface area contributed by atoms with Crippen LogP contribution in [0.3, 0.4) is 0 Å². The molecule has 1 N–H and O–H groups in total. The fourth-order valence-electron chi connectivity index (χ4n) is 2.77. The first kappa shape index (κ1) is 15.3. The van der Waals surface area contributed by atoms with Crippen LogP contribution in [0.1, 0.15) is 38.3 Å². The van der Waals surface area contributed by atoms with Crippen LogP contribution in [0, 0.1) is 5.92 Å². The number of aromatic nitrogens is 1. The van der Waals surface area contributed by atoms with E-state index in [1.165, 1.54) is 18.4 Å². The van der Waals surface area contributed by atoms with Crippen LogP contribution in [0.25, 0.3) is 0 Å². The van der Waals surface area contributed by atoms with E-state index >= 15 is 0 Å². The summed E-state index contributed by atoms with van der Waals surface area (Å²) in [6.45, 7) is 8.14. The smallest absolute Gasteiger partial charge is 0.128 e. The van der Waals surface area contributed by atoms with Gasteiger partial charge < -0.3 is 15.0 Å². The molecule has 4 nitrogen and oxygen atoms in total. The van der Waals surface area contributed by atoms with E-state index in [-0.39, 0.29) is 0 Å². The third-order valence-corrected chi connectivity index (χ3v) is 3.96.